The Morgan fingerprint density at radius 2 is 1.83 bits per heavy atom. The van der Waals surface area contributed by atoms with Crippen molar-refractivity contribution in [2.45, 2.75) is 0 Å². The average Bonchev–Trinajstić information content (AvgIpc) is 2.60. The quantitative estimate of drug-likeness (QED) is 0.850. The Morgan fingerprint density at radius 1 is 1.08 bits per heavy atom. The topological polar surface area (TPSA) is 76.7 Å². The van der Waals surface area contributed by atoms with Gasteiger partial charge in [-0.15, -0.1) is 0 Å². The van der Waals surface area contributed by atoms with Crippen LogP contribution in [0.5, 0.6) is 11.5 Å². The second-order valence-corrected chi connectivity index (χ2v) is 4.78. The third-order valence-electron chi connectivity index (χ3n) is 3.21. The summed E-state index contributed by atoms with van der Waals surface area (Å²) in [6.45, 7) is -0.303. The number of amides is 2. The molecule has 0 fully saturated rings. The van der Waals surface area contributed by atoms with Gasteiger partial charge in [0.2, 0.25) is 5.91 Å². The molecule has 7 heteroatoms. The van der Waals surface area contributed by atoms with Crippen molar-refractivity contribution in [3.63, 3.8) is 0 Å². The molecule has 0 unspecified atom stereocenters. The van der Waals surface area contributed by atoms with E-state index in [0.717, 1.165) is 0 Å². The molecular weight excluding hydrogens is 315 g/mol. The lowest BCUT2D eigenvalue weighted by Gasteiger charge is -2.12. The number of hydrogen-bond acceptors (Lipinski definition) is 4. The zero-order valence-corrected chi connectivity index (χ0v) is 13.3. The fourth-order valence-corrected chi connectivity index (χ4v) is 2.00. The Hall–Kier alpha value is -3.09. The van der Waals surface area contributed by atoms with Crippen LogP contribution in [0.1, 0.15) is 10.4 Å². The molecule has 126 valence electrons. The normalized spacial score (nSPS) is 9.96. The molecule has 0 aliphatic rings. The maximum Gasteiger partial charge on any atom is 0.254 e. The Balaban J connectivity index is 1.96. The minimum absolute atomic E-state index is 0.118. The van der Waals surface area contributed by atoms with Gasteiger partial charge in [-0.05, 0) is 24.3 Å². The number of carbonyl (C=O) groups excluding carboxylic acids is 2. The van der Waals surface area contributed by atoms with E-state index in [1.54, 1.807) is 24.3 Å². The molecule has 6 nitrogen and oxygen atoms in total. The fourth-order valence-electron chi connectivity index (χ4n) is 2.00. The van der Waals surface area contributed by atoms with Gasteiger partial charge in [-0.25, -0.2) is 4.39 Å². The number of anilines is 1. The van der Waals surface area contributed by atoms with Crippen LogP contribution in [-0.4, -0.2) is 32.6 Å². The summed E-state index contributed by atoms with van der Waals surface area (Å²) < 4.78 is 23.7. The van der Waals surface area contributed by atoms with Crippen LogP contribution in [0.25, 0.3) is 0 Å². The maximum atomic E-state index is 13.5. The van der Waals surface area contributed by atoms with Gasteiger partial charge in [-0.1, -0.05) is 12.1 Å². The largest absolute Gasteiger partial charge is 0.497 e. The number of carbonyl (C=O) groups is 2. The van der Waals surface area contributed by atoms with E-state index in [4.69, 9.17) is 9.47 Å². The summed E-state index contributed by atoms with van der Waals surface area (Å²) in [5.74, 6) is -0.777. The second kappa shape index (κ2) is 7.96. The summed E-state index contributed by atoms with van der Waals surface area (Å²) in [7, 11) is 2.98. The van der Waals surface area contributed by atoms with Crippen LogP contribution in [0.3, 0.4) is 0 Å². The zero-order valence-electron chi connectivity index (χ0n) is 13.3. The maximum absolute atomic E-state index is 13.5. The lowest BCUT2D eigenvalue weighted by molar-refractivity contribution is -0.115. The highest BCUT2D eigenvalue weighted by molar-refractivity contribution is 6.00. The highest BCUT2D eigenvalue weighted by atomic mass is 19.1. The molecule has 0 aliphatic carbocycles. The number of ether oxygens (including phenoxy) is 2. The van der Waals surface area contributed by atoms with Crippen LogP contribution in [0.4, 0.5) is 10.1 Å². The van der Waals surface area contributed by atoms with Crippen LogP contribution in [0, 0.1) is 5.82 Å². The zero-order chi connectivity index (χ0) is 17.5. The van der Waals surface area contributed by atoms with Gasteiger partial charge in [-0.3, -0.25) is 9.59 Å². The van der Waals surface area contributed by atoms with E-state index >= 15 is 0 Å². The van der Waals surface area contributed by atoms with E-state index in [2.05, 4.69) is 10.6 Å². The summed E-state index contributed by atoms with van der Waals surface area (Å²) in [6, 6.07) is 10.4. The highest BCUT2D eigenvalue weighted by Crippen LogP contribution is 2.28. The number of hydrogen-bond donors (Lipinski definition) is 2. The highest BCUT2D eigenvalue weighted by Gasteiger charge is 2.13. The third-order valence-corrected chi connectivity index (χ3v) is 3.21. The first kappa shape index (κ1) is 17.3. The van der Waals surface area contributed by atoms with Crippen molar-refractivity contribution in [1.82, 2.24) is 5.32 Å². The van der Waals surface area contributed by atoms with Gasteiger partial charge in [0.1, 0.15) is 17.3 Å². The average molecular weight is 332 g/mol. The molecule has 2 aromatic rings. The van der Waals surface area contributed by atoms with Crippen molar-refractivity contribution < 1.29 is 23.5 Å². The summed E-state index contributed by atoms with van der Waals surface area (Å²) in [6.07, 6.45) is 0. The monoisotopic (exact) mass is 332 g/mol. The van der Waals surface area contributed by atoms with Crippen LogP contribution >= 0.6 is 0 Å². The van der Waals surface area contributed by atoms with E-state index in [9.17, 15) is 14.0 Å². The Bertz CT molecular complexity index is 749. The molecule has 0 heterocycles. The molecule has 0 spiro atoms. The minimum atomic E-state index is -0.662. The van der Waals surface area contributed by atoms with Crippen molar-refractivity contribution in [3.8, 4) is 11.5 Å². The molecule has 0 saturated heterocycles. The van der Waals surface area contributed by atoms with Gasteiger partial charge in [-0.2, -0.15) is 0 Å². The molecule has 0 radical (unpaired) electrons. The summed E-state index contributed by atoms with van der Waals surface area (Å²) in [5, 5.41) is 4.97. The summed E-state index contributed by atoms with van der Waals surface area (Å²) in [4.78, 5) is 23.8. The summed E-state index contributed by atoms with van der Waals surface area (Å²) in [5.41, 5.74) is 0.316. The molecule has 2 aromatic carbocycles. The molecule has 0 bridgehead atoms. The van der Waals surface area contributed by atoms with Crippen molar-refractivity contribution in [2.75, 3.05) is 26.1 Å². The molecule has 0 saturated carbocycles. The van der Waals surface area contributed by atoms with Gasteiger partial charge >= 0.3 is 0 Å². The minimum Gasteiger partial charge on any atom is -0.497 e. The molecule has 0 aromatic heterocycles. The van der Waals surface area contributed by atoms with Gasteiger partial charge in [0.05, 0.1) is 32.0 Å². The Labute approximate surface area is 138 Å². The number of nitrogens with one attached hydrogen (secondary N) is 2. The number of halogens is 1. The fraction of sp³-hybridized carbons (Fsp3) is 0.176. The SMILES string of the molecule is COc1ccc(NC(=O)CNC(=O)c2ccccc2F)c(OC)c1. The standard InChI is InChI=1S/C17H17FN2O4/c1-23-11-7-8-14(15(9-11)24-2)20-16(21)10-19-17(22)12-5-3-4-6-13(12)18/h3-9H,10H2,1-2H3,(H,19,22)(H,20,21). The lowest BCUT2D eigenvalue weighted by atomic mass is 10.2. The number of benzene rings is 2. The third kappa shape index (κ3) is 4.22. The smallest absolute Gasteiger partial charge is 0.254 e. The first-order chi connectivity index (χ1) is 11.5. The van der Waals surface area contributed by atoms with Crippen LogP contribution in [0.2, 0.25) is 0 Å². The summed E-state index contributed by atoms with van der Waals surface area (Å²) >= 11 is 0. The van der Waals surface area contributed by atoms with E-state index < -0.39 is 17.6 Å². The first-order valence-corrected chi connectivity index (χ1v) is 7.09. The Morgan fingerprint density at radius 3 is 2.50 bits per heavy atom. The predicted molar refractivity (Wildman–Crippen MR) is 86.9 cm³/mol. The van der Waals surface area contributed by atoms with Gasteiger partial charge in [0, 0.05) is 6.07 Å². The number of rotatable bonds is 6. The first-order valence-electron chi connectivity index (χ1n) is 7.09. The van der Waals surface area contributed by atoms with E-state index in [1.807, 2.05) is 0 Å². The van der Waals surface area contributed by atoms with Crippen LogP contribution < -0.4 is 20.1 Å². The molecule has 2 N–H and O–H groups in total. The van der Waals surface area contributed by atoms with Crippen molar-refractivity contribution in [1.29, 1.82) is 0 Å². The Kier molecular flexibility index (Phi) is 5.73. The molecule has 0 aliphatic heterocycles. The molecule has 24 heavy (non-hydrogen) atoms. The lowest BCUT2D eigenvalue weighted by Crippen LogP contribution is -2.33. The van der Waals surface area contributed by atoms with E-state index in [0.29, 0.717) is 17.2 Å². The van der Waals surface area contributed by atoms with Gasteiger partial charge < -0.3 is 20.1 Å². The van der Waals surface area contributed by atoms with Crippen molar-refractivity contribution in [2.24, 2.45) is 0 Å². The number of methoxy groups -OCH3 is 2. The molecule has 2 amide bonds. The van der Waals surface area contributed by atoms with Gasteiger partial charge in [0.25, 0.3) is 5.91 Å². The predicted octanol–water partition coefficient (Wildman–Crippen LogP) is 2.21. The second-order valence-electron chi connectivity index (χ2n) is 4.78. The molecule has 0 atom stereocenters. The van der Waals surface area contributed by atoms with E-state index in [1.165, 1.54) is 32.4 Å². The van der Waals surface area contributed by atoms with E-state index in [-0.39, 0.29) is 12.1 Å². The van der Waals surface area contributed by atoms with Crippen LogP contribution in [0.15, 0.2) is 42.5 Å². The van der Waals surface area contributed by atoms with Gasteiger partial charge in [0.15, 0.2) is 0 Å². The van der Waals surface area contributed by atoms with Crippen molar-refractivity contribution >= 4 is 17.5 Å². The molecular formula is C17H17FN2O4. The van der Waals surface area contributed by atoms with Crippen LogP contribution in [-0.2, 0) is 4.79 Å². The molecule has 2 rings (SSSR count). The van der Waals surface area contributed by atoms with Crippen molar-refractivity contribution in [3.05, 3.63) is 53.8 Å².